The number of carbonyl (C=O) groups is 1. The first-order valence-electron chi connectivity index (χ1n) is 5.11. The highest BCUT2D eigenvalue weighted by Gasteiger charge is 2.26. The molecule has 16 heavy (non-hydrogen) atoms. The van der Waals surface area contributed by atoms with E-state index in [0.29, 0.717) is 6.54 Å². The van der Waals surface area contributed by atoms with Crippen LogP contribution in [0.3, 0.4) is 0 Å². The molecule has 1 amide bonds. The largest absolute Gasteiger partial charge is 0.395 e. The standard InChI is InChI=1S/C12H16ClNO2/c1-12(9-15,8-14-11(16)7-13)10-5-3-2-4-6-10/h2-6,15H,7-9H2,1H3,(H,14,16). The maximum atomic E-state index is 11.1. The van der Waals surface area contributed by atoms with Crippen molar-refractivity contribution in [2.45, 2.75) is 12.3 Å². The number of rotatable bonds is 5. The molecule has 1 aromatic rings. The number of halogens is 1. The van der Waals surface area contributed by atoms with Gasteiger partial charge >= 0.3 is 0 Å². The number of amides is 1. The Kier molecular flexibility index (Phi) is 4.77. The number of nitrogens with one attached hydrogen (secondary N) is 1. The van der Waals surface area contributed by atoms with E-state index in [4.69, 9.17) is 11.6 Å². The highest BCUT2D eigenvalue weighted by atomic mass is 35.5. The second-order valence-electron chi connectivity index (χ2n) is 4.00. The summed E-state index contributed by atoms with van der Waals surface area (Å²) in [7, 11) is 0. The van der Waals surface area contributed by atoms with Crippen LogP contribution in [0.4, 0.5) is 0 Å². The third-order valence-corrected chi connectivity index (χ3v) is 2.86. The van der Waals surface area contributed by atoms with Gasteiger partial charge in [0.1, 0.15) is 5.88 Å². The molecule has 1 aromatic carbocycles. The summed E-state index contributed by atoms with van der Waals surface area (Å²) < 4.78 is 0. The van der Waals surface area contributed by atoms with Crippen LogP contribution in [0.5, 0.6) is 0 Å². The summed E-state index contributed by atoms with van der Waals surface area (Å²) in [5.41, 5.74) is 0.524. The summed E-state index contributed by atoms with van der Waals surface area (Å²) in [5, 5.41) is 12.1. The van der Waals surface area contributed by atoms with Crippen molar-refractivity contribution < 1.29 is 9.90 Å². The van der Waals surface area contributed by atoms with E-state index in [-0.39, 0.29) is 18.4 Å². The quantitative estimate of drug-likeness (QED) is 0.764. The van der Waals surface area contributed by atoms with E-state index in [1.807, 2.05) is 37.3 Å². The average Bonchev–Trinajstić information content (AvgIpc) is 2.36. The van der Waals surface area contributed by atoms with Gasteiger partial charge in [-0.25, -0.2) is 0 Å². The topological polar surface area (TPSA) is 49.3 Å². The molecule has 0 heterocycles. The lowest BCUT2D eigenvalue weighted by Crippen LogP contribution is -2.41. The van der Waals surface area contributed by atoms with Gasteiger partial charge in [-0.2, -0.15) is 0 Å². The monoisotopic (exact) mass is 241 g/mol. The van der Waals surface area contributed by atoms with Crippen molar-refractivity contribution in [3.63, 3.8) is 0 Å². The van der Waals surface area contributed by atoms with Gasteiger partial charge in [0.15, 0.2) is 0 Å². The smallest absolute Gasteiger partial charge is 0.234 e. The minimum Gasteiger partial charge on any atom is -0.395 e. The fourth-order valence-corrected chi connectivity index (χ4v) is 1.53. The third kappa shape index (κ3) is 3.22. The van der Waals surface area contributed by atoms with Crippen LogP contribution in [-0.4, -0.2) is 30.0 Å². The predicted octanol–water partition coefficient (Wildman–Crippen LogP) is 1.29. The Morgan fingerprint density at radius 1 is 1.44 bits per heavy atom. The Morgan fingerprint density at radius 2 is 2.06 bits per heavy atom. The average molecular weight is 242 g/mol. The van der Waals surface area contributed by atoms with Gasteiger partial charge in [0.05, 0.1) is 6.61 Å². The van der Waals surface area contributed by atoms with Crippen LogP contribution in [0.25, 0.3) is 0 Å². The fourth-order valence-electron chi connectivity index (χ4n) is 1.43. The van der Waals surface area contributed by atoms with Crippen LogP contribution in [0, 0.1) is 0 Å². The fraction of sp³-hybridized carbons (Fsp3) is 0.417. The summed E-state index contributed by atoms with van der Waals surface area (Å²) in [6, 6.07) is 9.60. The van der Waals surface area contributed by atoms with E-state index in [9.17, 15) is 9.90 Å². The first-order valence-corrected chi connectivity index (χ1v) is 5.65. The lowest BCUT2D eigenvalue weighted by Gasteiger charge is -2.28. The molecule has 88 valence electrons. The van der Waals surface area contributed by atoms with Gasteiger partial charge in [-0.1, -0.05) is 37.3 Å². The van der Waals surface area contributed by atoms with Crippen molar-refractivity contribution in [2.75, 3.05) is 19.0 Å². The summed E-state index contributed by atoms with van der Waals surface area (Å²) in [6.45, 7) is 2.25. The first kappa shape index (κ1) is 13.0. The molecule has 1 unspecified atom stereocenters. The van der Waals surface area contributed by atoms with E-state index < -0.39 is 5.41 Å². The SMILES string of the molecule is CC(CO)(CNC(=O)CCl)c1ccccc1. The van der Waals surface area contributed by atoms with Crippen molar-refractivity contribution in [3.8, 4) is 0 Å². The highest BCUT2D eigenvalue weighted by molar-refractivity contribution is 6.27. The molecule has 0 aliphatic rings. The lowest BCUT2D eigenvalue weighted by molar-refractivity contribution is -0.119. The molecular formula is C12H16ClNO2. The molecule has 0 radical (unpaired) electrons. The Labute approximate surface area is 100 Å². The molecule has 0 bridgehead atoms. The van der Waals surface area contributed by atoms with E-state index in [0.717, 1.165) is 5.56 Å². The highest BCUT2D eigenvalue weighted by Crippen LogP contribution is 2.21. The van der Waals surface area contributed by atoms with Crippen LogP contribution >= 0.6 is 11.6 Å². The molecule has 1 rings (SSSR count). The number of aliphatic hydroxyl groups excluding tert-OH is 1. The predicted molar refractivity (Wildman–Crippen MR) is 64.6 cm³/mol. The Morgan fingerprint density at radius 3 is 2.56 bits per heavy atom. The number of alkyl halides is 1. The maximum absolute atomic E-state index is 11.1. The second-order valence-corrected chi connectivity index (χ2v) is 4.26. The number of hydrogen-bond acceptors (Lipinski definition) is 2. The zero-order chi connectivity index (χ0) is 12.0. The molecule has 2 N–H and O–H groups in total. The second kappa shape index (κ2) is 5.87. The molecule has 0 aliphatic carbocycles. The summed E-state index contributed by atoms with van der Waals surface area (Å²) in [6.07, 6.45) is 0. The van der Waals surface area contributed by atoms with Crippen molar-refractivity contribution in [1.82, 2.24) is 5.32 Å². The van der Waals surface area contributed by atoms with Crippen molar-refractivity contribution in [1.29, 1.82) is 0 Å². The van der Waals surface area contributed by atoms with Crippen LogP contribution in [0.1, 0.15) is 12.5 Å². The molecule has 0 fully saturated rings. The zero-order valence-electron chi connectivity index (χ0n) is 9.24. The molecule has 0 aromatic heterocycles. The van der Waals surface area contributed by atoms with Crippen LogP contribution in [0.15, 0.2) is 30.3 Å². The van der Waals surface area contributed by atoms with Gasteiger partial charge in [0, 0.05) is 12.0 Å². The minimum absolute atomic E-state index is 0.0282. The molecule has 4 heteroatoms. The van der Waals surface area contributed by atoms with Gasteiger partial charge in [-0.3, -0.25) is 4.79 Å². The van der Waals surface area contributed by atoms with Crippen LogP contribution < -0.4 is 5.32 Å². The Balaban J connectivity index is 2.74. The van der Waals surface area contributed by atoms with Gasteiger partial charge in [0.2, 0.25) is 5.91 Å². The maximum Gasteiger partial charge on any atom is 0.234 e. The lowest BCUT2D eigenvalue weighted by atomic mass is 9.83. The Hall–Kier alpha value is -1.06. The van der Waals surface area contributed by atoms with Crippen molar-refractivity contribution >= 4 is 17.5 Å². The van der Waals surface area contributed by atoms with Crippen molar-refractivity contribution in [2.24, 2.45) is 0 Å². The van der Waals surface area contributed by atoms with Gasteiger partial charge in [-0.15, -0.1) is 11.6 Å². The van der Waals surface area contributed by atoms with Crippen molar-refractivity contribution in [3.05, 3.63) is 35.9 Å². The van der Waals surface area contributed by atoms with Gasteiger partial charge in [0.25, 0.3) is 0 Å². The van der Waals surface area contributed by atoms with E-state index in [1.165, 1.54) is 0 Å². The molecule has 0 aliphatic heterocycles. The molecule has 0 spiro atoms. The normalized spacial score (nSPS) is 14.2. The van der Waals surface area contributed by atoms with E-state index >= 15 is 0 Å². The summed E-state index contributed by atoms with van der Waals surface area (Å²) >= 11 is 5.40. The molecule has 1 atom stereocenters. The molecule has 0 saturated heterocycles. The van der Waals surface area contributed by atoms with E-state index in [1.54, 1.807) is 0 Å². The van der Waals surface area contributed by atoms with Gasteiger partial charge in [-0.05, 0) is 5.56 Å². The van der Waals surface area contributed by atoms with Crippen LogP contribution in [-0.2, 0) is 10.2 Å². The minimum atomic E-state index is -0.469. The first-order chi connectivity index (χ1) is 7.62. The number of carbonyl (C=O) groups excluding carboxylic acids is 1. The summed E-state index contributed by atoms with van der Waals surface area (Å²) in [5.74, 6) is -0.284. The Bertz CT molecular complexity index is 342. The molecule has 3 nitrogen and oxygen atoms in total. The van der Waals surface area contributed by atoms with Crippen LogP contribution in [0.2, 0.25) is 0 Å². The van der Waals surface area contributed by atoms with E-state index in [2.05, 4.69) is 5.32 Å². The molecular weight excluding hydrogens is 226 g/mol. The summed E-state index contributed by atoms with van der Waals surface area (Å²) in [4.78, 5) is 11.1. The molecule has 0 saturated carbocycles. The number of benzene rings is 1. The third-order valence-electron chi connectivity index (χ3n) is 2.62. The zero-order valence-corrected chi connectivity index (χ0v) is 10.00. The number of hydrogen-bond donors (Lipinski definition) is 2. The number of aliphatic hydroxyl groups is 1. The van der Waals surface area contributed by atoms with Gasteiger partial charge < -0.3 is 10.4 Å².